The fourth-order valence-electron chi connectivity index (χ4n) is 3.63. The molecule has 0 unspecified atom stereocenters. The lowest BCUT2D eigenvalue weighted by molar-refractivity contribution is 0.0426. The van der Waals surface area contributed by atoms with E-state index in [0.29, 0.717) is 6.54 Å². The van der Waals surface area contributed by atoms with Crippen LogP contribution < -0.4 is 5.32 Å². The Bertz CT molecular complexity index is 753. The lowest BCUT2D eigenvalue weighted by Gasteiger charge is -2.39. The lowest BCUT2D eigenvalue weighted by Crippen LogP contribution is -2.46. The van der Waals surface area contributed by atoms with Crippen molar-refractivity contribution in [1.82, 2.24) is 4.90 Å². The van der Waals surface area contributed by atoms with Crippen LogP contribution in [0.25, 0.3) is 0 Å². The summed E-state index contributed by atoms with van der Waals surface area (Å²) in [5, 5.41) is 3.56. The van der Waals surface area contributed by atoms with Gasteiger partial charge in [0.2, 0.25) is 0 Å². The quantitative estimate of drug-likeness (QED) is 0.936. The first kappa shape index (κ1) is 15.2. The number of nitrogens with one attached hydrogen (secondary N) is 1. The van der Waals surface area contributed by atoms with Crippen LogP contribution in [0.15, 0.2) is 48.5 Å². The highest BCUT2D eigenvalue weighted by Gasteiger charge is 2.35. The number of rotatable bonds is 3. The Morgan fingerprint density at radius 1 is 1.17 bits per heavy atom. The SMILES string of the molecule is Cc1ccccc1[C@@H]1Nc2ccccc2C(=O)N1C[C@@H]1CCCO1. The smallest absolute Gasteiger partial charge is 0.257 e. The summed E-state index contributed by atoms with van der Waals surface area (Å²) in [4.78, 5) is 15.1. The molecule has 4 heteroatoms. The Hall–Kier alpha value is -2.33. The van der Waals surface area contributed by atoms with E-state index < -0.39 is 0 Å². The van der Waals surface area contributed by atoms with Gasteiger partial charge in [0.15, 0.2) is 0 Å². The first-order chi connectivity index (χ1) is 11.7. The van der Waals surface area contributed by atoms with Crippen molar-refractivity contribution in [3.05, 3.63) is 65.2 Å². The largest absolute Gasteiger partial charge is 0.376 e. The van der Waals surface area contributed by atoms with Gasteiger partial charge < -0.3 is 15.0 Å². The van der Waals surface area contributed by atoms with E-state index in [9.17, 15) is 4.79 Å². The predicted molar refractivity (Wildman–Crippen MR) is 94.0 cm³/mol. The molecule has 0 bridgehead atoms. The molecule has 4 rings (SSSR count). The van der Waals surface area contributed by atoms with Crippen LogP contribution >= 0.6 is 0 Å². The average molecular weight is 322 g/mol. The third kappa shape index (κ3) is 2.67. The van der Waals surface area contributed by atoms with Gasteiger partial charge in [-0.05, 0) is 43.0 Å². The van der Waals surface area contributed by atoms with Gasteiger partial charge in [-0.25, -0.2) is 0 Å². The van der Waals surface area contributed by atoms with Crippen molar-refractivity contribution in [2.75, 3.05) is 18.5 Å². The van der Waals surface area contributed by atoms with Crippen LogP contribution in [-0.2, 0) is 4.74 Å². The Morgan fingerprint density at radius 2 is 1.96 bits per heavy atom. The summed E-state index contributed by atoms with van der Waals surface area (Å²) in [6, 6.07) is 16.0. The predicted octanol–water partition coefficient (Wildman–Crippen LogP) is 3.74. The fourth-order valence-corrected chi connectivity index (χ4v) is 3.63. The number of carbonyl (C=O) groups excluding carboxylic acids is 1. The molecule has 0 aliphatic carbocycles. The van der Waals surface area contributed by atoms with Gasteiger partial charge in [-0.2, -0.15) is 0 Å². The van der Waals surface area contributed by atoms with Crippen molar-refractivity contribution < 1.29 is 9.53 Å². The van der Waals surface area contributed by atoms with Gasteiger partial charge in [0.1, 0.15) is 6.17 Å². The number of hydrogen-bond donors (Lipinski definition) is 1. The molecule has 24 heavy (non-hydrogen) atoms. The average Bonchev–Trinajstić information content (AvgIpc) is 3.11. The highest BCUT2D eigenvalue weighted by atomic mass is 16.5. The molecule has 1 amide bonds. The topological polar surface area (TPSA) is 41.6 Å². The minimum Gasteiger partial charge on any atom is -0.376 e. The number of benzene rings is 2. The molecule has 2 heterocycles. The van der Waals surface area contributed by atoms with Crippen molar-refractivity contribution in [3.63, 3.8) is 0 Å². The number of aryl methyl sites for hydroxylation is 1. The number of hydrogen-bond acceptors (Lipinski definition) is 3. The maximum Gasteiger partial charge on any atom is 0.257 e. The number of nitrogens with zero attached hydrogens (tertiary/aromatic N) is 1. The fraction of sp³-hybridized carbons (Fsp3) is 0.350. The van der Waals surface area contributed by atoms with Crippen LogP contribution in [0, 0.1) is 6.92 Å². The second-order valence-electron chi connectivity index (χ2n) is 6.54. The number of anilines is 1. The molecule has 2 aliphatic heterocycles. The third-order valence-electron chi connectivity index (χ3n) is 4.93. The number of carbonyl (C=O) groups is 1. The molecule has 2 aromatic carbocycles. The minimum atomic E-state index is -0.155. The number of para-hydroxylation sites is 1. The molecule has 124 valence electrons. The summed E-state index contributed by atoms with van der Waals surface area (Å²) in [6.07, 6.45) is 2.07. The van der Waals surface area contributed by atoms with Crippen LogP contribution in [-0.4, -0.2) is 30.1 Å². The molecule has 0 aromatic heterocycles. The van der Waals surface area contributed by atoms with Gasteiger partial charge in [0.05, 0.1) is 11.7 Å². The molecular weight excluding hydrogens is 300 g/mol. The zero-order valence-corrected chi connectivity index (χ0v) is 13.9. The van der Waals surface area contributed by atoms with Gasteiger partial charge in [-0.15, -0.1) is 0 Å². The van der Waals surface area contributed by atoms with Gasteiger partial charge in [0.25, 0.3) is 5.91 Å². The van der Waals surface area contributed by atoms with Crippen molar-refractivity contribution in [3.8, 4) is 0 Å². The second kappa shape index (κ2) is 6.29. The van der Waals surface area contributed by atoms with Crippen LogP contribution in [0.1, 0.15) is 40.5 Å². The van der Waals surface area contributed by atoms with Crippen LogP contribution in [0.3, 0.4) is 0 Å². The van der Waals surface area contributed by atoms with E-state index in [0.717, 1.165) is 36.3 Å². The van der Waals surface area contributed by atoms with Crippen LogP contribution in [0.5, 0.6) is 0 Å². The monoisotopic (exact) mass is 322 g/mol. The number of fused-ring (bicyclic) bond motifs is 1. The highest BCUT2D eigenvalue weighted by Crippen LogP contribution is 2.35. The summed E-state index contributed by atoms with van der Waals surface area (Å²) in [6.45, 7) is 3.51. The Labute approximate surface area is 142 Å². The Morgan fingerprint density at radius 3 is 2.75 bits per heavy atom. The van der Waals surface area contributed by atoms with Crippen LogP contribution in [0.4, 0.5) is 5.69 Å². The maximum absolute atomic E-state index is 13.1. The highest BCUT2D eigenvalue weighted by molar-refractivity contribution is 6.01. The molecule has 2 aromatic rings. The molecule has 0 radical (unpaired) electrons. The molecule has 1 N–H and O–H groups in total. The van der Waals surface area contributed by atoms with E-state index in [-0.39, 0.29) is 18.2 Å². The summed E-state index contributed by atoms with van der Waals surface area (Å²) >= 11 is 0. The molecular formula is C20H22N2O2. The van der Waals surface area contributed by atoms with Crippen LogP contribution in [0.2, 0.25) is 0 Å². The second-order valence-corrected chi connectivity index (χ2v) is 6.54. The zero-order valence-electron chi connectivity index (χ0n) is 13.9. The van der Waals surface area contributed by atoms with E-state index in [1.54, 1.807) is 0 Å². The van der Waals surface area contributed by atoms with E-state index >= 15 is 0 Å². The molecule has 2 atom stereocenters. The maximum atomic E-state index is 13.1. The van der Waals surface area contributed by atoms with Gasteiger partial charge >= 0.3 is 0 Å². The molecule has 0 saturated carbocycles. The zero-order chi connectivity index (χ0) is 16.5. The van der Waals surface area contributed by atoms with Crippen molar-refractivity contribution in [2.45, 2.75) is 32.0 Å². The van der Waals surface area contributed by atoms with Gasteiger partial charge in [-0.3, -0.25) is 4.79 Å². The summed E-state index contributed by atoms with van der Waals surface area (Å²) in [5.41, 5.74) is 3.96. The first-order valence-corrected chi connectivity index (χ1v) is 8.58. The van der Waals surface area contributed by atoms with Gasteiger partial charge in [-0.1, -0.05) is 36.4 Å². The van der Waals surface area contributed by atoms with E-state index in [4.69, 9.17) is 4.74 Å². The van der Waals surface area contributed by atoms with Crippen molar-refractivity contribution >= 4 is 11.6 Å². The molecule has 1 fully saturated rings. The lowest BCUT2D eigenvalue weighted by atomic mass is 9.99. The summed E-state index contributed by atoms with van der Waals surface area (Å²) in [7, 11) is 0. The molecule has 1 saturated heterocycles. The third-order valence-corrected chi connectivity index (χ3v) is 4.93. The van der Waals surface area contributed by atoms with Crippen molar-refractivity contribution in [2.24, 2.45) is 0 Å². The Balaban J connectivity index is 1.73. The molecule has 4 nitrogen and oxygen atoms in total. The number of ether oxygens (including phenoxy) is 1. The van der Waals surface area contributed by atoms with Gasteiger partial charge in [0, 0.05) is 18.8 Å². The Kier molecular flexibility index (Phi) is 3.98. The molecule has 2 aliphatic rings. The number of amides is 1. The summed E-state index contributed by atoms with van der Waals surface area (Å²) < 4.78 is 5.78. The summed E-state index contributed by atoms with van der Waals surface area (Å²) in [5.74, 6) is 0.0769. The van der Waals surface area contributed by atoms with E-state index in [2.05, 4.69) is 24.4 Å². The minimum absolute atomic E-state index is 0.0769. The van der Waals surface area contributed by atoms with Crippen molar-refractivity contribution in [1.29, 1.82) is 0 Å². The molecule has 0 spiro atoms. The van der Waals surface area contributed by atoms with E-state index in [1.807, 2.05) is 41.3 Å². The van der Waals surface area contributed by atoms with E-state index in [1.165, 1.54) is 5.56 Å². The standard InChI is InChI=1S/C20H22N2O2/c1-14-7-2-3-9-16(14)19-21-18-11-5-4-10-17(18)20(23)22(19)13-15-8-6-12-24-15/h2-5,7,9-11,15,19,21H,6,8,12-13H2,1H3/t15-,19+/m0/s1. The first-order valence-electron chi connectivity index (χ1n) is 8.58. The normalized spacial score (nSPS) is 23.0.